The zero-order chi connectivity index (χ0) is 30.8. The fourth-order valence-corrected chi connectivity index (χ4v) is 4.74. The summed E-state index contributed by atoms with van der Waals surface area (Å²) in [5.74, 6) is -0.292. The third-order valence-electron chi connectivity index (χ3n) is 6.32. The fraction of sp³-hybridized carbons (Fsp3) is 0.424. The highest BCUT2D eigenvalue weighted by Gasteiger charge is 2.17. The van der Waals surface area contributed by atoms with Gasteiger partial charge in [-0.3, -0.25) is 9.59 Å². The molecule has 0 bridgehead atoms. The van der Waals surface area contributed by atoms with Crippen LogP contribution in [0.25, 0.3) is 4.91 Å². The molecule has 0 radical (unpaired) electrons. The molecule has 1 fully saturated rings. The van der Waals surface area contributed by atoms with E-state index in [2.05, 4.69) is 22.0 Å². The molecule has 2 amide bonds. The van der Waals surface area contributed by atoms with Crippen LogP contribution in [0.15, 0.2) is 57.9 Å². The number of likely N-dealkylation sites (tertiary alicyclic amines) is 1. The Labute approximate surface area is 249 Å². The minimum Gasteiger partial charge on any atom is -0.356 e. The Balaban J connectivity index is 0.000000538. The van der Waals surface area contributed by atoms with Gasteiger partial charge in [-0.1, -0.05) is 80.4 Å². The van der Waals surface area contributed by atoms with Crippen molar-refractivity contribution in [1.29, 1.82) is 0 Å². The summed E-state index contributed by atoms with van der Waals surface area (Å²) in [6.45, 7) is 16.1. The van der Waals surface area contributed by atoms with Crippen molar-refractivity contribution < 1.29 is 14.3 Å². The number of nitrogens with one attached hydrogen (secondary N) is 2. The van der Waals surface area contributed by atoms with E-state index >= 15 is 0 Å². The number of piperidine rings is 1. The second-order valence-corrected chi connectivity index (χ2v) is 10.5. The summed E-state index contributed by atoms with van der Waals surface area (Å²) in [7, 11) is 0. The van der Waals surface area contributed by atoms with Crippen molar-refractivity contribution in [3.05, 3.63) is 85.7 Å². The molecule has 1 aromatic heterocycles. The van der Waals surface area contributed by atoms with Crippen molar-refractivity contribution in [2.24, 2.45) is 0 Å². The first-order valence-electron chi connectivity index (χ1n) is 14.2. The first kappa shape index (κ1) is 35.3. The Morgan fingerprint density at radius 2 is 1.78 bits per heavy atom. The number of ether oxygens (including phenoxy) is 1. The standard InChI is InChI=1S/C23H28N2O2S.C8H11NO2.C2H6/c1-6-16(4)22(28-17(5)7-2)19-14-24-20(12-21(19)26)23(27)25-13-18-10-8-15(3)9-11-18;1-2-11-8(10)9-6-4-3-5-7-9;1-2/h7-12,14H,6,13H2,1-5H3,(H,24,26)(H,25,27);1H,3-7H2;1-2H3/b17-7-,22-16?;;. The highest BCUT2D eigenvalue weighted by atomic mass is 32.2. The van der Waals surface area contributed by atoms with Crippen molar-refractivity contribution in [3.8, 4) is 12.5 Å². The van der Waals surface area contributed by atoms with Crippen LogP contribution in [-0.4, -0.2) is 35.0 Å². The molecule has 7 nitrogen and oxygen atoms in total. The van der Waals surface area contributed by atoms with E-state index in [1.807, 2.05) is 78.0 Å². The lowest BCUT2D eigenvalue weighted by atomic mass is 10.1. The molecule has 1 saturated heterocycles. The number of aryl methyl sites for hydroxylation is 1. The summed E-state index contributed by atoms with van der Waals surface area (Å²) in [6.07, 6.45) is 14.1. The van der Waals surface area contributed by atoms with Gasteiger partial charge in [-0.25, -0.2) is 4.79 Å². The molecule has 2 N–H and O–H groups in total. The molecule has 2 aromatic rings. The molecule has 8 heteroatoms. The molecule has 3 rings (SSSR count). The lowest BCUT2D eigenvalue weighted by Gasteiger charge is -2.24. The van der Waals surface area contributed by atoms with E-state index in [-0.39, 0.29) is 23.1 Å². The number of amides is 2. The van der Waals surface area contributed by atoms with Crippen molar-refractivity contribution >= 4 is 28.7 Å². The maximum atomic E-state index is 12.7. The molecule has 2 heterocycles. The Morgan fingerprint density at radius 1 is 1.15 bits per heavy atom. The van der Waals surface area contributed by atoms with Crippen molar-refractivity contribution in [1.82, 2.24) is 15.2 Å². The number of aromatic nitrogens is 1. The van der Waals surface area contributed by atoms with E-state index in [1.54, 1.807) is 22.9 Å². The third-order valence-corrected chi connectivity index (χ3v) is 7.65. The number of hydrogen-bond donors (Lipinski definition) is 2. The number of hydrogen-bond acceptors (Lipinski definition) is 5. The second kappa shape index (κ2) is 19.4. The normalized spacial score (nSPS) is 13.3. The molecule has 222 valence electrons. The summed E-state index contributed by atoms with van der Waals surface area (Å²) >= 11 is 1.59. The van der Waals surface area contributed by atoms with Crippen LogP contribution in [0.4, 0.5) is 4.79 Å². The van der Waals surface area contributed by atoms with Gasteiger partial charge in [0.15, 0.2) is 5.43 Å². The summed E-state index contributed by atoms with van der Waals surface area (Å²) < 4.78 is 4.40. The molecule has 1 aliphatic rings. The number of carbonyl (C=O) groups excluding carboxylic acids is 2. The van der Waals surface area contributed by atoms with Gasteiger partial charge < -0.3 is 19.9 Å². The van der Waals surface area contributed by atoms with E-state index in [1.165, 1.54) is 18.1 Å². The number of rotatable bonds is 7. The first-order chi connectivity index (χ1) is 19.7. The van der Waals surface area contributed by atoms with Crippen LogP contribution in [-0.2, 0) is 11.3 Å². The number of benzene rings is 1. The van der Waals surface area contributed by atoms with Gasteiger partial charge in [0.05, 0.1) is 5.56 Å². The Morgan fingerprint density at radius 3 is 2.32 bits per heavy atom. The van der Waals surface area contributed by atoms with Gasteiger partial charge in [0.2, 0.25) is 0 Å². The van der Waals surface area contributed by atoms with Crippen molar-refractivity contribution in [2.45, 2.75) is 80.7 Å². The maximum Gasteiger partial charge on any atom is 0.423 e. The number of nitrogens with zero attached hydrogens (tertiary/aromatic N) is 1. The molecule has 41 heavy (non-hydrogen) atoms. The molecule has 0 unspecified atom stereocenters. The number of allylic oxidation sites excluding steroid dienone is 3. The second-order valence-electron chi connectivity index (χ2n) is 9.29. The number of aromatic amines is 1. The lowest BCUT2D eigenvalue weighted by molar-refractivity contribution is 0.0945. The van der Waals surface area contributed by atoms with E-state index in [0.717, 1.165) is 53.3 Å². The van der Waals surface area contributed by atoms with Crippen LogP contribution in [0, 0.1) is 19.5 Å². The van der Waals surface area contributed by atoms with Crippen LogP contribution in [0.5, 0.6) is 0 Å². The predicted molar refractivity (Wildman–Crippen MR) is 171 cm³/mol. The number of pyridine rings is 1. The molecule has 1 aromatic carbocycles. The van der Waals surface area contributed by atoms with Gasteiger partial charge in [-0.05, 0) is 63.8 Å². The molecule has 0 spiro atoms. The summed E-state index contributed by atoms with van der Waals surface area (Å²) in [6, 6.07) is 9.35. The number of carbonyl (C=O) groups is 2. The zero-order valence-corrected chi connectivity index (χ0v) is 26.4. The topological polar surface area (TPSA) is 91.5 Å². The monoisotopic (exact) mass is 579 g/mol. The van der Waals surface area contributed by atoms with Crippen LogP contribution in [0.1, 0.15) is 94.4 Å². The summed E-state index contributed by atoms with van der Waals surface area (Å²) in [5, 5.41) is 2.85. The van der Waals surface area contributed by atoms with E-state index in [4.69, 9.17) is 6.42 Å². The molecule has 0 atom stereocenters. The van der Waals surface area contributed by atoms with E-state index in [0.29, 0.717) is 12.1 Å². The summed E-state index contributed by atoms with van der Waals surface area (Å²) in [5.41, 5.74) is 4.04. The van der Waals surface area contributed by atoms with Gasteiger partial charge >= 0.3 is 6.09 Å². The van der Waals surface area contributed by atoms with Gasteiger partial charge in [-0.2, -0.15) is 0 Å². The van der Waals surface area contributed by atoms with Gasteiger partial charge in [-0.15, -0.1) is 0 Å². The fourth-order valence-electron chi connectivity index (χ4n) is 3.71. The molecule has 0 aliphatic carbocycles. The van der Waals surface area contributed by atoms with Gasteiger partial charge in [0.1, 0.15) is 11.8 Å². The minimum absolute atomic E-state index is 0.154. The van der Waals surface area contributed by atoms with Gasteiger partial charge in [0.25, 0.3) is 5.91 Å². The lowest BCUT2D eigenvalue weighted by Crippen LogP contribution is -2.35. The quantitative estimate of drug-likeness (QED) is 0.329. The molecule has 1 aliphatic heterocycles. The SMILES string of the molecule is C#COC(=O)N1CCCCC1.C/C=C(/C)SC(=C(C)CC)c1c[nH]c(C(=O)NCc2ccc(C)cc2)cc1=O.CC. The molecule has 0 saturated carbocycles. The highest BCUT2D eigenvalue weighted by Crippen LogP contribution is 2.35. The maximum absolute atomic E-state index is 12.7. The van der Waals surface area contributed by atoms with Crippen LogP contribution < -0.4 is 10.7 Å². The Kier molecular flexibility index (Phi) is 16.7. The Hall–Kier alpha value is -3.70. The van der Waals surface area contributed by atoms with Gasteiger partial charge in [0, 0.05) is 36.8 Å². The average Bonchev–Trinajstić information content (AvgIpc) is 3.01. The smallest absolute Gasteiger partial charge is 0.356 e. The highest BCUT2D eigenvalue weighted by molar-refractivity contribution is 8.11. The third kappa shape index (κ3) is 12.1. The number of H-pyrrole nitrogens is 1. The van der Waals surface area contributed by atoms with Crippen LogP contribution in [0.2, 0.25) is 0 Å². The summed E-state index contributed by atoms with van der Waals surface area (Å²) in [4.78, 5) is 42.8. The van der Waals surface area contributed by atoms with Crippen molar-refractivity contribution in [2.75, 3.05) is 13.1 Å². The Bertz CT molecular complexity index is 1280. The molecular formula is C33H45N3O4S. The largest absolute Gasteiger partial charge is 0.423 e. The number of terminal acetylenes is 1. The van der Waals surface area contributed by atoms with E-state index < -0.39 is 0 Å². The minimum atomic E-state index is -0.382. The predicted octanol–water partition coefficient (Wildman–Crippen LogP) is 7.64. The zero-order valence-electron chi connectivity index (χ0n) is 25.6. The molecular weight excluding hydrogens is 534 g/mol. The van der Waals surface area contributed by atoms with Crippen molar-refractivity contribution in [3.63, 3.8) is 0 Å². The van der Waals surface area contributed by atoms with Crippen LogP contribution >= 0.6 is 11.8 Å². The van der Waals surface area contributed by atoms with Crippen LogP contribution in [0.3, 0.4) is 0 Å². The average molecular weight is 580 g/mol. The van der Waals surface area contributed by atoms with E-state index in [9.17, 15) is 14.4 Å². The number of thioether (sulfide) groups is 1. The first-order valence-corrected chi connectivity index (χ1v) is 15.0.